The van der Waals surface area contributed by atoms with Crippen LogP contribution in [0.4, 0.5) is 0 Å². The summed E-state index contributed by atoms with van der Waals surface area (Å²) in [6, 6.07) is 8.84. The van der Waals surface area contributed by atoms with Gasteiger partial charge in [0, 0.05) is 0 Å². The molecule has 2 aliphatic rings. The van der Waals surface area contributed by atoms with Gasteiger partial charge < -0.3 is 37.2 Å². The average Bonchev–Trinajstić information content (AvgIpc) is 2.84. The molecule has 0 radical (unpaired) electrons. The third-order valence-electron chi connectivity index (χ3n) is 6.85. The number of hydrogen-bond acceptors (Lipinski definition) is 0. The Morgan fingerprint density at radius 3 is 2.00 bits per heavy atom. The van der Waals surface area contributed by atoms with E-state index in [1.807, 2.05) is 0 Å². The van der Waals surface area contributed by atoms with Crippen LogP contribution in [0, 0.1) is 31.6 Å². The Bertz CT molecular complexity index is 670. The summed E-state index contributed by atoms with van der Waals surface area (Å²) < 4.78 is 0.801. The molecule has 0 amide bonds. The first-order valence-electron chi connectivity index (χ1n) is 10.0. The maximum Gasteiger partial charge on any atom is -1.00 e. The Labute approximate surface area is 204 Å². The monoisotopic (exact) mass is 490 g/mol. The number of halogens is 3. The minimum absolute atomic E-state index is 0. The smallest absolute Gasteiger partial charge is 1.00 e. The van der Waals surface area contributed by atoms with Crippen molar-refractivity contribution >= 4 is 13.3 Å². The van der Waals surface area contributed by atoms with Crippen LogP contribution in [-0.2, 0) is 20.4 Å². The van der Waals surface area contributed by atoms with Crippen molar-refractivity contribution in [2.75, 3.05) is 0 Å². The summed E-state index contributed by atoms with van der Waals surface area (Å²) in [6.07, 6.45) is 12.3. The largest absolute Gasteiger partial charge is 1.00 e. The maximum absolute atomic E-state index is 2.71. The van der Waals surface area contributed by atoms with Crippen LogP contribution in [0.1, 0.15) is 37.8 Å². The molecule has 5 heteroatoms. The minimum atomic E-state index is -1.57. The van der Waals surface area contributed by atoms with Crippen molar-refractivity contribution in [2.45, 2.75) is 62.9 Å². The molecule has 1 fully saturated rings. The summed E-state index contributed by atoms with van der Waals surface area (Å²) in [4.78, 5) is 0. The van der Waals surface area contributed by atoms with E-state index in [-0.39, 0.29) is 37.2 Å². The Balaban J connectivity index is 0.00000243. The molecule has 28 heavy (non-hydrogen) atoms. The number of allylic oxidation sites excluding steroid dienone is 4. The molecule has 0 spiro atoms. The Morgan fingerprint density at radius 2 is 1.46 bits per heavy atom. The van der Waals surface area contributed by atoms with Crippen molar-refractivity contribution in [1.29, 1.82) is 0 Å². The molecule has 1 aromatic carbocycles. The average molecular weight is 492 g/mol. The second kappa shape index (κ2) is 11.8. The van der Waals surface area contributed by atoms with Crippen LogP contribution in [0.25, 0.3) is 0 Å². The second-order valence-electron chi connectivity index (χ2n) is 8.73. The van der Waals surface area contributed by atoms with Gasteiger partial charge in [-0.1, -0.05) is 0 Å². The molecule has 6 atom stereocenters. The molecule has 0 nitrogen and oxygen atoms in total. The van der Waals surface area contributed by atoms with Gasteiger partial charge in [-0.05, 0) is 0 Å². The third-order valence-corrected chi connectivity index (χ3v) is 13.7. The Hall–Kier alpha value is 0.501. The van der Waals surface area contributed by atoms with Gasteiger partial charge in [0.1, 0.15) is 0 Å². The van der Waals surface area contributed by atoms with E-state index in [0.717, 1.165) is 27.5 Å². The van der Waals surface area contributed by atoms with Crippen molar-refractivity contribution in [1.82, 2.24) is 0 Å². The van der Waals surface area contributed by atoms with Gasteiger partial charge in [0.15, 0.2) is 0 Å². The fourth-order valence-electron chi connectivity index (χ4n) is 5.64. The fourth-order valence-corrected chi connectivity index (χ4v) is 12.5. The van der Waals surface area contributed by atoms with Crippen LogP contribution in [-0.4, -0.2) is 8.07 Å². The minimum Gasteiger partial charge on any atom is -1.00 e. The third kappa shape index (κ3) is 5.40. The quantitative estimate of drug-likeness (QED) is 0.388. The van der Waals surface area contributed by atoms with Crippen LogP contribution in [0.3, 0.4) is 0 Å². The first-order valence-corrected chi connectivity index (χ1v) is 13.7. The number of unbranched alkanes of at least 4 members (excludes halogenated alkanes) is 1. The van der Waals surface area contributed by atoms with Gasteiger partial charge in [-0.3, -0.25) is 0 Å². The van der Waals surface area contributed by atoms with Crippen molar-refractivity contribution < 1.29 is 57.7 Å². The molecule has 154 valence electrons. The SMILES string of the molecule is CCCC[Si](C)(c1cc(C)cc(C)c1)C1C(C)[CH]([Ti+3])C2C=CC=CC21.[Cl-].[Cl-].[Cl-]. The summed E-state index contributed by atoms with van der Waals surface area (Å²) in [7, 11) is -1.57. The van der Waals surface area contributed by atoms with E-state index < -0.39 is 8.07 Å². The Morgan fingerprint density at radius 1 is 0.929 bits per heavy atom. The fraction of sp³-hybridized carbons (Fsp3) is 0.565. The van der Waals surface area contributed by atoms with E-state index in [1.165, 1.54) is 30.0 Å². The first-order chi connectivity index (χ1) is 11.9. The van der Waals surface area contributed by atoms with Crippen LogP contribution in [0.15, 0.2) is 42.5 Å². The van der Waals surface area contributed by atoms with Gasteiger partial charge in [-0.2, -0.15) is 0 Å². The summed E-state index contributed by atoms with van der Waals surface area (Å²) in [6.45, 7) is 12.2. The van der Waals surface area contributed by atoms with E-state index in [0.29, 0.717) is 0 Å². The molecule has 1 saturated carbocycles. The van der Waals surface area contributed by atoms with Crippen molar-refractivity contribution in [3.05, 3.63) is 53.6 Å². The molecule has 0 heterocycles. The van der Waals surface area contributed by atoms with E-state index >= 15 is 0 Å². The van der Waals surface area contributed by atoms with Gasteiger partial charge in [-0.15, -0.1) is 0 Å². The van der Waals surface area contributed by atoms with E-state index in [9.17, 15) is 0 Å². The predicted octanol–water partition coefficient (Wildman–Crippen LogP) is -2.89. The molecule has 6 unspecified atom stereocenters. The normalized spacial score (nSPS) is 29.8. The summed E-state index contributed by atoms with van der Waals surface area (Å²) in [5.74, 6) is 2.32. The Kier molecular flexibility index (Phi) is 12.0. The van der Waals surface area contributed by atoms with Gasteiger partial charge >= 0.3 is 168 Å². The van der Waals surface area contributed by atoms with E-state index in [1.54, 1.807) is 5.19 Å². The van der Waals surface area contributed by atoms with Gasteiger partial charge in [0.25, 0.3) is 0 Å². The van der Waals surface area contributed by atoms with Crippen LogP contribution < -0.4 is 42.4 Å². The van der Waals surface area contributed by atoms with Crippen molar-refractivity contribution in [3.63, 3.8) is 0 Å². The standard InChI is InChI=1S/C23H33Si.3ClH.Ti/c1-6-7-12-24(5,21-14-17(2)13-18(3)15-21)23-19(4)16-20-10-8-9-11-22(20)23;;;;/h8-11,13-16,19-20,22-23H,6-7,12H2,1-5H3;3*1H;/q;;;;+3/p-3. The summed E-state index contributed by atoms with van der Waals surface area (Å²) >= 11 is 2.50. The summed E-state index contributed by atoms with van der Waals surface area (Å²) in [5.41, 5.74) is 3.75. The molecule has 1 aromatic rings. The van der Waals surface area contributed by atoms with Gasteiger partial charge in [0.2, 0.25) is 0 Å². The number of hydrogen-bond donors (Lipinski definition) is 0. The number of benzene rings is 1. The maximum atomic E-state index is 2.71. The van der Waals surface area contributed by atoms with E-state index in [2.05, 4.69) is 97.2 Å². The predicted molar refractivity (Wildman–Crippen MR) is 109 cm³/mol. The van der Waals surface area contributed by atoms with Crippen LogP contribution in [0.2, 0.25) is 22.4 Å². The molecule has 2 aliphatic carbocycles. The van der Waals surface area contributed by atoms with Crippen molar-refractivity contribution in [2.24, 2.45) is 17.8 Å². The van der Waals surface area contributed by atoms with Crippen LogP contribution in [0.5, 0.6) is 0 Å². The molecular formula is C23H33Cl3SiTi. The molecule has 0 saturated heterocycles. The van der Waals surface area contributed by atoms with E-state index in [4.69, 9.17) is 0 Å². The molecule has 0 N–H and O–H groups in total. The number of fused-ring (bicyclic) bond motifs is 1. The molecule has 0 aromatic heterocycles. The van der Waals surface area contributed by atoms with Gasteiger partial charge in [0.05, 0.1) is 0 Å². The second-order valence-corrected chi connectivity index (χ2v) is 14.4. The zero-order valence-electron chi connectivity index (χ0n) is 17.7. The zero-order chi connectivity index (χ0) is 18.2. The first kappa shape index (κ1) is 28.5. The zero-order valence-corrected chi connectivity index (χ0v) is 22.5. The number of rotatable bonds is 5. The topological polar surface area (TPSA) is 0 Å². The van der Waals surface area contributed by atoms with Crippen molar-refractivity contribution in [3.8, 4) is 0 Å². The summed E-state index contributed by atoms with van der Waals surface area (Å²) in [5, 5.41) is 1.71. The molecule has 3 rings (SSSR count). The van der Waals surface area contributed by atoms with Gasteiger partial charge in [-0.25, -0.2) is 0 Å². The van der Waals surface area contributed by atoms with Crippen LogP contribution >= 0.6 is 0 Å². The molecule has 0 aliphatic heterocycles. The molecular weight excluding hydrogens is 459 g/mol. The molecule has 0 bridgehead atoms. The number of aryl methyl sites for hydroxylation is 2.